The molecule has 0 aliphatic carbocycles. The van der Waals surface area contributed by atoms with E-state index in [1.807, 2.05) is 6.20 Å². The summed E-state index contributed by atoms with van der Waals surface area (Å²) in [5.74, 6) is 6.53. The van der Waals surface area contributed by atoms with Gasteiger partial charge in [-0.05, 0) is 129 Å². The van der Waals surface area contributed by atoms with Crippen LogP contribution in [0.2, 0.25) is 0 Å². The number of benzene rings is 5. The molecule has 0 N–H and O–H groups in total. The van der Waals surface area contributed by atoms with E-state index in [9.17, 15) is 0 Å². The Morgan fingerprint density at radius 1 is 0.438 bits per heavy atom. The van der Waals surface area contributed by atoms with Crippen molar-refractivity contribution in [2.24, 2.45) is 0 Å². The average molecular weight is 976 g/mol. The van der Waals surface area contributed by atoms with Gasteiger partial charge in [0.15, 0.2) is 5.82 Å². The van der Waals surface area contributed by atoms with Crippen LogP contribution in [0.5, 0.6) is 11.5 Å². The maximum atomic E-state index is 7.20. The van der Waals surface area contributed by atoms with Crippen molar-refractivity contribution in [3.8, 4) is 57.0 Å². The number of fused-ring (bicyclic) bond motifs is 1. The Morgan fingerprint density at radius 3 is 1.38 bits per heavy atom. The van der Waals surface area contributed by atoms with Gasteiger partial charge in [-0.2, -0.15) is 0 Å². The van der Waals surface area contributed by atoms with Gasteiger partial charge in [0.25, 0.3) is 0 Å². The van der Waals surface area contributed by atoms with Crippen LogP contribution in [0.3, 0.4) is 0 Å². The second-order valence-electron chi connectivity index (χ2n) is 25.7. The number of hydrogen-bond acceptors (Lipinski definition) is 6. The minimum Gasteiger partial charge on any atom is -0.457 e. The lowest BCUT2D eigenvalue weighted by Crippen LogP contribution is -2.24. The summed E-state index contributed by atoms with van der Waals surface area (Å²) in [6, 6.07) is 33.2. The SMILES string of the molecule is CC(C)c1cc(-c2nc(C(C)(C)C)nc(C(C)(C)C)n2)cc(C(C)C)c1-n1ccnc1-c1cc(Oc2cc(-c3nc4ccccc4n3-c3c(C(C)C)cccc3C(C)C)cc(C(C)(C)C)c2)cc(C(C)(C)C)c1. The molecule has 3 aromatic heterocycles. The zero-order chi connectivity index (χ0) is 53.3. The third kappa shape index (κ3) is 10.8. The standard InChI is InChI=1S/C65H81N7O/c1-38(2)49-24-23-25-50(39(3)4)56(49)72-54-27-22-21-26-53(54)67-59(72)44-31-46(63(12,13)14)37-48(33-44)73-47-32-43(30-45(36-47)62(9,10)11)58-66-28-29-71(58)55-51(40(5)6)34-42(35-52(55)41(7)8)57-68-60(64(15,16)17)70-61(69-57)65(18,19)20/h21-41H,1-20H3. The van der Waals surface area contributed by atoms with E-state index in [1.54, 1.807) is 0 Å². The fraction of sp³-hybridized carbons (Fsp3) is 0.431. The van der Waals surface area contributed by atoms with Gasteiger partial charge in [-0.15, -0.1) is 0 Å². The summed E-state index contributed by atoms with van der Waals surface area (Å²) in [5.41, 5.74) is 13.8. The minimum atomic E-state index is -0.247. The van der Waals surface area contributed by atoms with Gasteiger partial charge in [0.2, 0.25) is 0 Å². The Kier molecular flexibility index (Phi) is 14.1. The van der Waals surface area contributed by atoms with Gasteiger partial charge in [-0.3, -0.25) is 9.13 Å². The van der Waals surface area contributed by atoms with E-state index in [4.69, 9.17) is 29.7 Å². The van der Waals surface area contributed by atoms with E-state index in [1.165, 1.54) is 27.9 Å². The number of nitrogens with zero attached hydrogens (tertiary/aromatic N) is 7. The van der Waals surface area contributed by atoms with Crippen LogP contribution in [0.4, 0.5) is 0 Å². The Balaban J connectivity index is 1.30. The van der Waals surface area contributed by atoms with Crippen molar-refractivity contribution in [1.82, 2.24) is 34.1 Å². The first-order chi connectivity index (χ1) is 34.0. The highest BCUT2D eigenvalue weighted by Crippen LogP contribution is 2.43. The van der Waals surface area contributed by atoms with Gasteiger partial charge in [-0.1, -0.05) is 169 Å². The van der Waals surface area contributed by atoms with E-state index < -0.39 is 0 Å². The molecule has 0 radical (unpaired) electrons. The molecule has 0 spiro atoms. The van der Waals surface area contributed by atoms with E-state index in [0.29, 0.717) is 17.7 Å². The molecular formula is C65H81N7O. The van der Waals surface area contributed by atoms with Crippen molar-refractivity contribution < 1.29 is 4.74 Å². The molecule has 0 aliphatic rings. The average Bonchev–Trinajstić information content (AvgIpc) is 3.95. The number of rotatable bonds is 11. The molecule has 8 aromatic rings. The normalized spacial score (nSPS) is 12.9. The van der Waals surface area contributed by atoms with Crippen LogP contribution in [-0.4, -0.2) is 34.1 Å². The van der Waals surface area contributed by atoms with E-state index in [0.717, 1.165) is 79.3 Å². The molecule has 0 aliphatic heterocycles. The molecule has 0 unspecified atom stereocenters. The van der Waals surface area contributed by atoms with Gasteiger partial charge in [0.1, 0.15) is 34.8 Å². The van der Waals surface area contributed by atoms with Crippen LogP contribution in [0.25, 0.3) is 56.6 Å². The molecule has 8 heteroatoms. The topological polar surface area (TPSA) is 83.5 Å². The first-order valence-corrected chi connectivity index (χ1v) is 26.6. The predicted molar refractivity (Wildman–Crippen MR) is 306 cm³/mol. The van der Waals surface area contributed by atoms with Crippen molar-refractivity contribution >= 4 is 11.0 Å². The number of aromatic nitrogens is 7. The molecular weight excluding hydrogens is 895 g/mol. The maximum absolute atomic E-state index is 7.20. The van der Waals surface area contributed by atoms with Gasteiger partial charge in [0, 0.05) is 39.9 Å². The second-order valence-corrected chi connectivity index (χ2v) is 25.7. The quantitative estimate of drug-likeness (QED) is 0.128. The molecule has 382 valence electrons. The lowest BCUT2D eigenvalue weighted by molar-refractivity contribution is 0.475. The number of imidazole rings is 2. The Bertz CT molecular complexity index is 3230. The molecule has 73 heavy (non-hydrogen) atoms. The summed E-state index contributed by atoms with van der Waals surface area (Å²) in [6.07, 6.45) is 4.03. The zero-order valence-electron chi connectivity index (χ0n) is 47.7. The number of para-hydroxylation sites is 3. The van der Waals surface area contributed by atoms with Crippen LogP contribution in [-0.2, 0) is 21.7 Å². The summed E-state index contributed by atoms with van der Waals surface area (Å²) in [5, 5.41) is 0. The smallest absolute Gasteiger partial charge is 0.163 e. The van der Waals surface area contributed by atoms with E-state index in [-0.39, 0.29) is 33.5 Å². The highest BCUT2D eigenvalue weighted by atomic mass is 16.5. The van der Waals surface area contributed by atoms with Crippen LogP contribution in [0.15, 0.2) is 103 Å². The first kappa shape index (κ1) is 52.9. The summed E-state index contributed by atoms with van der Waals surface area (Å²) < 4.78 is 11.9. The number of hydrogen-bond donors (Lipinski definition) is 0. The Labute approximate surface area is 437 Å². The van der Waals surface area contributed by atoms with Crippen molar-refractivity contribution in [3.63, 3.8) is 0 Å². The molecule has 0 atom stereocenters. The summed E-state index contributed by atoms with van der Waals surface area (Å²) >= 11 is 0. The van der Waals surface area contributed by atoms with E-state index >= 15 is 0 Å². The lowest BCUT2D eigenvalue weighted by atomic mass is 9.85. The van der Waals surface area contributed by atoms with Crippen molar-refractivity contribution in [1.29, 1.82) is 0 Å². The molecule has 0 saturated heterocycles. The Hall–Kier alpha value is -6.41. The minimum absolute atomic E-state index is 0.182. The highest BCUT2D eigenvalue weighted by molar-refractivity contribution is 5.85. The molecule has 0 fully saturated rings. The fourth-order valence-electron chi connectivity index (χ4n) is 9.63. The van der Waals surface area contributed by atoms with Crippen molar-refractivity contribution in [2.45, 2.75) is 184 Å². The van der Waals surface area contributed by atoms with Crippen LogP contribution in [0, 0.1) is 0 Å². The zero-order valence-corrected chi connectivity index (χ0v) is 47.7. The predicted octanol–water partition coefficient (Wildman–Crippen LogP) is 17.9. The Morgan fingerprint density at radius 2 is 0.918 bits per heavy atom. The second kappa shape index (κ2) is 19.5. The molecule has 0 amide bonds. The molecule has 3 heterocycles. The third-order valence-electron chi connectivity index (χ3n) is 14.0. The largest absolute Gasteiger partial charge is 0.457 e. The molecule has 8 rings (SSSR count). The molecule has 5 aromatic carbocycles. The monoisotopic (exact) mass is 976 g/mol. The highest BCUT2D eigenvalue weighted by Gasteiger charge is 2.29. The van der Waals surface area contributed by atoms with Crippen LogP contribution >= 0.6 is 0 Å². The third-order valence-corrected chi connectivity index (χ3v) is 14.0. The van der Waals surface area contributed by atoms with Gasteiger partial charge >= 0.3 is 0 Å². The van der Waals surface area contributed by atoms with E-state index in [2.05, 4.69) is 245 Å². The molecule has 0 bridgehead atoms. The van der Waals surface area contributed by atoms with Crippen LogP contribution in [0.1, 0.15) is 207 Å². The summed E-state index contributed by atoms with van der Waals surface area (Å²) in [6.45, 7) is 44.8. The lowest BCUT2D eigenvalue weighted by Gasteiger charge is -2.26. The fourth-order valence-corrected chi connectivity index (χ4v) is 9.63. The van der Waals surface area contributed by atoms with Gasteiger partial charge in [-0.25, -0.2) is 24.9 Å². The van der Waals surface area contributed by atoms with Crippen molar-refractivity contribution in [2.75, 3.05) is 0 Å². The number of ether oxygens (including phenoxy) is 1. The van der Waals surface area contributed by atoms with Gasteiger partial charge in [0.05, 0.1) is 22.4 Å². The van der Waals surface area contributed by atoms with Crippen molar-refractivity contribution in [3.05, 3.63) is 148 Å². The van der Waals surface area contributed by atoms with Crippen LogP contribution < -0.4 is 4.74 Å². The van der Waals surface area contributed by atoms with Gasteiger partial charge < -0.3 is 4.74 Å². The summed E-state index contributed by atoms with van der Waals surface area (Å²) in [4.78, 5) is 25.9. The first-order valence-electron chi connectivity index (χ1n) is 26.6. The molecule has 0 saturated carbocycles. The summed E-state index contributed by atoms with van der Waals surface area (Å²) in [7, 11) is 0. The molecule has 8 nitrogen and oxygen atoms in total. The maximum Gasteiger partial charge on any atom is 0.163 e.